The van der Waals surface area contributed by atoms with Crippen LogP contribution in [-0.2, 0) is 6.54 Å². The smallest absolute Gasteiger partial charge is 0.195 e. The zero-order valence-corrected chi connectivity index (χ0v) is 12.2. The quantitative estimate of drug-likeness (QED) is 0.865. The summed E-state index contributed by atoms with van der Waals surface area (Å²) in [6, 6.07) is 2.06. The first-order valence-electron chi connectivity index (χ1n) is 4.97. The second kappa shape index (κ2) is 4.81. The SMILES string of the molecule is CC(C)Cn1c(-c2cc(Br)cs2)n[nH]c1=S. The van der Waals surface area contributed by atoms with E-state index in [1.165, 1.54) is 0 Å². The number of rotatable bonds is 3. The number of aromatic nitrogens is 3. The van der Waals surface area contributed by atoms with Crippen LogP contribution in [0.25, 0.3) is 10.7 Å². The fourth-order valence-electron chi connectivity index (χ4n) is 1.47. The van der Waals surface area contributed by atoms with E-state index >= 15 is 0 Å². The van der Waals surface area contributed by atoms with Gasteiger partial charge < -0.3 is 0 Å². The number of halogens is 1. The normalized spacial score (nSPS) is 11.2. The lowest BCUT2D eigenvalue weighted by Crippen LogP contribution is -2.05. The maximum atomic E-state index is 5.24. The van der Waals surface area contributed by atoms with Crippen molar-refractivity contribution in [2.75, 3.05) is 0 Å². The van der Waals surface area contributed by atoms with E-state index in [0.29, 0.717) is 10.7 Å². The maximum Gasteiger partial charge on any atom is 0.195 e. The van der Waals surface area contributed by atoms with Crippen molar-refractivity contribution < 1.29 is 0 Å². The Balaban J connectivity index is 2.45. The third-order valence-corrected chi connectivity index (χ3v) is 4.09. The highest BCUT2D eigenvalue weighted by Gasteiger charge is 2.11. The highest BCUT2D eigenvalue weighted by molar-refractivity contribution is 9.10. The molecule has 0 amide bonds. The summed E-state index contributed by atoms with van der Waals surface area (Å²) in [6.07, 6.45) is 0. The van der Waals surface area contributed by atoms with E-state index < -0.39 is 0 Å². The second-order valence-corrected chi connectivity index (χ2v) is 6.20. The number of nitrogens with one attached hydrogen (secondary N) is 1. The summed E-state index contributed by atoms with van der Waals surface area (Å²) in [5.74, 6) is 1.47. The average molecular weight is 318 g/mol. The zero-order chi connectivity index (χ0) is 11.7. The van der Waals surface area contributed by atoms with Gasteiger partial charge in [0.25, 0.3) is 0 Å². The molecule has 1 N–H and O–H groups in total. The predicted molar refractivity (Wildman–Crippen MR) is 73.3 cm³/mol. The Bertz CT molecular complexity index is 538. The largest absolute Gasteiger partial charge is 0.299 e. The van der Waals surface area contributed by atoms with Crippen LogP contribution in [0.4, 0.5) is 0 Å². The van der Waals surface area contributed by atoms with Crippen molar-refractivity contribution in [1.82, 2.24) is 14.8 Å². The van der Waals surface area contributed by atoms with Crippen molar-refractivity contribution in [2.24, 2.45) is 5.92 Å². The van der Waals surface area contributed by atoms with E-state index in [-0.39, 0.29) is 0 Å². The monoisotopic (exact) mass is 317 g/mol. The van der Waals surface area contributed by atoms with Gasteiger partial charge in [-0.2, -0.15) is 5.10 Å². The van der Waals surface area contributed by atoms with Crippen molar-refractivity contribution in [3.05, 3.63) is 20.7 Å². The summed E-state index contributed by atoms with van der Waals surface area (Å²) >= 11 is 10.3. The summed E-state index contributed by atoms with van der Waals surface area (Å²) in [5.41, 5.74) is 0. The lowest BCUT2D eigenvalue weighted by Gasteiger charge is -2.07. The molecule has 0 saturated carbocycles. The number of thiophene rings is 1. The minimum atomic E-state index is 0.548. The number of hydrogen-bond acceptors (Lipinski definition) is 3. The van der Waals surface area contributed by atoms with Gasteiger partial charge in [-0.1, -0.05) is 13.8 Å². The van der Waals surface area contributed by atoms with Crippen LogP contribution in [0.1, 0.15) is 13.8 Å². The van der Waals surface area contributed by atoms with E-state index in [1.54, 1.807) is 11.3 Å². The molecular formula is C10H12BrN3S2. The number of H-pyrrole nitrogens is 1. The third kappa shape index (κ3) is 2.44. The highest BCUT2D eigenvalue weighted by Crippen LogP contribution is 2.28. The molecule has 2 aromatic heterocycles. The summed E-state index contributed by atoms with van der Waals surface area (Å²) in [4.78, 5) is 1.12. The standard InChI is InChI=1S/C10H12BrN3S2/c1-6(2)4-14-9(12-13-10(14)15)8-3-7(11)5-16-8/h3,5-6H,4H2,1-2H3,(H,13,15). The molecule has 0 atom stereocenters. The molecular weight excluding hydrogens is 306 g/mol. The van der Waals surface area contributed by atoms with Gasteiger partial charge in [0.15, 0.2) is 10.6 Å². The van der Waals surface area contributed by atoms with E-state index in [4.69, 9.17) is 12.2 Å². The molecule has 16 heavy (non-hydrogen) atoms. The van der Waals surface area contributed by atoms with Crippen LogP contribution in [-0.4, -0.2) is 14.8 Å². The Labute approximate surface area is 112 Å². The summed E-state index contributed by atoms with van der Waals surface area (Å²) in [5, 5.41) is 9.19. The summed E-state index contributed by atoms with van der Waals surface area (Å²) < 4.78 is 3.82. The molecule has 0 unspecified atom stereocenters. The molecule has 0 aliphatic heterocycles. The van der Waals surface area contributed by atoms with Gasteiger partial charge in [0.1, 0.15) is 0 Å². The van der Waals surface area contributed by atoms with Gasteiger partial charge in [0, 0.05) is 16.4 Å². The molecule has 2 rings (SSSR count). The van der Waals surface area contributed by atoms with Gasteiger partial charge in [0.05, 0.1) is 4.88 Å². The molecule has 0 aliphatic rings. The molecule has 0 aromatic carbocycles. The summed E-state index contributed by atoms with van der Waals surface area (Å²) in [6.45, 7) is 5.23. The van der Waals surface area contributed by atoms with E-state index in [1.807, 2.05) is 5.38 Å². The molecule has 0 aliphatic carbocycles. The van der Waals surface area contributed by atoms with Gasteiger partial charge >= 0.3 is 0 Å². The molecule has 2 heterocycles. The van der Waals surface area contributed by atoms with Crippen LogP contribution in [0.15, 0.2) is 15.9 Å². The van der Waals surface area contributed by atoms with Crippen molar-refractivity contribution in [3.8, 4) is 10.7 Å². The minimum absolute atomic E-state index is 0.548. The predicted octanol–water partition coefficient (Wildman–Crippen LogP) is 4.09. The van der Waals surface area contributed by atoms with Crippen LogP contribution < -0.4 is 0 Å². The van der Waals surface area contributed by atoms with Crippen LogP contribution in [0.3, 0.4) is 0 Å². The molecule has 0 fully saturated rings. The number of nitrogens with zero attached hydrogens (tertiary/aromatic N) is 2. The third-order valence-electron chi connectivity index (χ3n) is 2.09. The lowest BCUT2D eigenvalue weighted by molar-refractivity contribution is 0.522. The first-order chi connectivity index (χ1) is 7.58. The number of aromatic amines is 1. The molecule has 86 valence electrons. The van der Waals surface area contributed by atoms with Crippen molar-refractivity contribution in [3.63, 3.8) is 0 Å². The molecule has 0 spiro atoms. The Kier molecular flexibility index (Phi) is 3.61. The Morgan fingerprint density at radius 3 is 2.94 bits per heavy atom. The molecule has 2 aromatic rings. The van der Waals surface area contributed by atoms with Crippen LogP contribution in [0, 0.1) is 10.7 Å². The summed E-state index contributed by atoms with van der Waals surface area (Å²) in [7, 11) is 0. The fraction of sp³-hybridized carbons (Fsp3) is 0.400. The van der Waals surface area contributed by atoms with Gasteiger partial charge in [0.2, 0.25) is 0 Å². The van der Waals surface area contributed by atoms with Crippen LogP contribution in [0.2, 0.25) is 0 Å². The highest BCUT2D eigenvalue weighted by atomic mass is 79.9. The van der Waals surface area contributed by atoms with Gasteiger partial charge in [-0.25, -0.2) is 0 Å². The first kappa shape index (κ1) is 12.0. The minimum Gasteiger partial charge on any atom is -0.299 e. The first-order valence-corrected chi connectivity index (χ1v) is 7.05. The average Bonchev–Trinajstić information content (AvgIpc) is 2.75. The molecule has 3 nitrogen and oxygen atoms in total. The maximum absolute atomic E-state index is 5.24. The van der Waals surface area contributed by atoms with E-state index in [0.717, 1.165) is 21.7 Å². The molecule has 0 bridgehead atoms. The van der Waals surface area contributed by atoms with Crippen molar-refractivity contribution >= 4 is 39.5 Å². The van der Waals surface area contributed by atoms with Gasteiger partial charge in [-0.05, 0) is 40.1 Å². The molecule has 6 heteroatoms. The van der Waals surface area contributed by atoms with Crippen molar-refractivity contribution in [1.29, 1.82) is 0 Å². The van der Waals surface area contributed by atoms with E-state index in [9.17, 15) is 0 Å². The Hall–Kier alpha value is -0.460. The topological polar surface area (TPSA) is 33.6 Å². The Morgan fingerprint density at radius 1 is 1.62 bits per heavy atom. The van der Waals surface area contributed by atoms with Crippen LogP contribution >= 0.6 is 39.5 Å². The Morgan fingerprint density at radius 2 is 2.38 bits per heavy atom. The lowest BCUT2D eigenvalue weighted by atomic mass is 10.2. The molecule has 0 saturated heterocycles. The van der Waals surface area contributed by atoms with E-state index in [2.05, 4.69) is 50.6 Å². The molecule has 0 radical (unpaired) electrons. The second-order valence-electron chi connectivity index (χ2n) is 3.99. The van der Waals surface area contributed by atoms with Gasteiger partial charge in [-0.15, -0.1) is 11.3 Å². The number of hydrogen-bond donors (Lipinski definition) is 1. The zero-order valence-electron chi connectivity index (χ0n) is 9.03. The van der Waals surface area contributed by atoms with Gasteiger partial charge in [-0.3, -0.25) is 9.67 Å². The van der Waals surface area contributed by atoms with Crippen molar-refractivity contribution in [2.45, 2.75) is 20.4 Å². The van der Waals surface area contributed by atoms with Crippen LogP contribution in [0.5, 0.6) is 0 Å². The fourth-order valence-corrected chi connectivity index (χ4v) is 3.10.